The molecule has 0 amide bonds. The molecule has 1 rings (SSSR count). The van der Waals surface area contributed by atoms with E-state index in [-0.39, 0.29) is 23.5 Å². The van der Waals surface area contributed by atoms with Crippen molar-refractivity contribution in [1.82, 2.24) is 14.3 Å². The molecule has 21 heavy (non-hydrogen) atoms. The topological polar surface area (TPSA) is 84.5 Å². The lowest BCUT2D eigenvalue weighted by Gasteiger charge is -2.04. The van der Waals surface area contributed by atoms with Crippen LogP contribution < -0.4 is 11.4 Å². The first-order valence-electron chi connectivity index (χ1n) is 7.40. The molecule has 0 unspecified atom stereocenters. The van der Waals surface area contributed by atoms with Gasteiger partial charge in [-0.2, -0.15) is 10.2 Å². The number of aromatic nitrogens is 3. The Hall–Kier alpha value is -1.66. The highest BCUT2D eigenvalue weighted by molar-refractivity contribution is 4.75. The van der Waals surface area contributed by atoms with E-state index in [2.05, 4.69) is 15.3 Å². The van der Waals surface area contributed by atoms with Crippen LogP contribution in [0.25, 0.3) is 0 Å². The Balaban J connectivity index is 0.000000433. The molecule has 0 fully saturated rings. The van der Waals surface area contributed by atoms with Crippen LogP contribution in [0.2, 0.25) is 0 Å². The van der Waals surface area contributed by atoms with E-state index in [1.807, 2.05) is 41.5 Å². The molecule has 0 aliphatic carbocycles. The van der Waals surface area contributed by atoms with E-state index in [1.54, 1.807) is 13.8 Å². The molecule has 0 saturated carbocycles. The van der Waals surface area contributed by atoms with Crippen LogP contribution in [0.1, 0.15) is 67.5 Å². The van der Waals surface area contributed by atoms with Gasteiger partial charge in [-0.05, 0) is 55.4 Å². The predicted molar refractivity (Wildman–Crippen MR) is 85.2 cm³/mol. The van der Waals surface area contributed by atoms with E-state index in [0.29, 0.717) is 12.1 Å². The van der Waals surface area contributed by atoms with E-state index in [1.165, 1.54) is 9.25 Å². The zero-order valence-corrected chi connectivity index (χ0v) is 14.4. The number of H-pyrrole nitrogens is 1. The van der Waals surface area contributed by atoms with Gasteiger partial charge >= 0.3 is 11.4 Å². The Bertz CT molecular complexity index is 536. The maximum absolute atomic E-state index is 11.6. The molecule has 0 aromatic carbocycles. The van der Waals surface area contributed by atoms with Crippen molar-refractivity contribution in [2.45, 2.75) is 79.6 Å². The summed E-state index contributed by atoms with van der Waals surface area (Å²) in [4.78, 5) is 22.9. The summed E-state index contributed by atoms with van der Waals surface area (Å²) in [5, 5.41) is 10.4. The Morgan fingerprint density at radius 1 is 0.810 bits per heavy atom. The van der Waals surface area contributed by atoms with Crippen LogP contribution >= 0.6 is 0 Å². The van der Waals surface area contributed by atoms with Crippen LogP contribution in [0, 0.1) is 0 Å². The number of nitrogens with zero attached hydrogens (tertiary/aromatic N) is 4. The number of azo groups is 1. The second kappa shape index (κ2) is 8.59. The third kappa shape index (κ3) is 6.55. The van der Waals surface area contributed by atoms with Crippen molar-refractivity contribution in [3.8, 4) is 0 Å². The molecular formula is C14H29N5O2. The average molecular weight is 299 g/mol. The molecule has 7 heteroatoms. The zero-order valence-electron chi connectivity index (χ0n) is 14.4. The van der Waals surface area contributed by atoms with Crippen LogP contribution in [0.3, 0.4) is 0 Å². The van der Waals surface area contributed by atoms with Gasteiger partial charge in [0.05, 0.1) is 12.1 Å². The van der Waals surface area contributed by atoms with Crippen LogP contribution in [-0.2, 0) is 0 Å². The van der Waals surface area contributed by atoms with E-state index in [4.69, 9.17) is 0 Å². The Labute approximate surface area is 126 Å². The highest BCUT2D eigenvalue weighted by atomic mass is 16.2. The summed E-state index contributed by atoms with van der Waals surface area (Å²) in [5.41, 5.74) is -0.608. The van der Waals surface area contributed by atoms with Crippen molar-refractivity contribution in [3.05, 3.63) is 21.0 Å². The third-order valence-corrected chi connectivity index (χ3v) is 2.41. The molecule has 0 aliphatic rings. The summed E-state index contributed by atoms with van der Waals surface area (Å²) in [7, 11) is 0. The summed E-state index contributed by atoms with van der Waals surface area (Å²) in [6.07, 6.45) is 0. The first-order valence-corrected chi connectivity index (χ1v) is 7.40. The fourth-order valence-corrected chi connectivity index (χ4v) is 1.48. The first-order chi connectivity index (χ1) is 9.57. The lowest BCUT2D eigenvalue weighted by Crippen LogP contribution is -2.30. The minimum atomic E-state index is -0.339. The monoisotopic (exact) mass is 299 g/mol. The van der Waals surface area contributed by atoms with Gasteiger partial charge in [-0.15, -0.1) is 0 Å². The summed E-state index contributed by atoms with van der Waals surface area (Å²) in [6.45, 7) is 15.4. The predicted octanol–water partition coefficient (Wildman–Crippen LogP) is 2.76. The van der Waals surface area contributed by atoms with Crippen molar-refractivity contribution in [2.75, 3.05) is 0 Å². The number of rotatable bonds is 4. The standard InChI is InChI=1S/C8H15N3O2.C6H14N2/c1-5(2)10-7(12)9-11(6(3)4)8(10)13;1-5(2)7-8-6(3)4/h5-6H,1-4H3,(H,9,12);5-6H,1-4H3. The van der Waals surface area contributed by atoms with E-state index in [9.17, 15) is 9.59 Å². The minimum Gasteiger partial charge on any atom is -0.246 e. The van der Waals surface area contributed by atoms with Gasteiger partial charge in [0, 0.05) is 12.1 Å². The smallest absolute Gasteiger partial charge is 0.246 e. The van der Waals surface area contributed by atoms with Gasteiger partial charge in [0.15, 0.2) is 0 Å². The van der Waals surface area contributed by atoms with E-state index >= 15 is 0 Å². The van der Waals surface area contributed by atoms with Crippen molar-refractivity contribution >= 4 is 0 Å². The number of aromatic amines is 1. The fraction of sp³-hybridized carbons (Fsp3) is 0.857. The van der Waals surface area contributed by atoms with Crippen molar-refractivity contribution < 1.29 is 0 Å². The van der Waals surface area contributed by atoms with Gasteiger partial charge in [-0.25, -0.2) is 23.9 Å². The minimum absolute atomic E-state index is 0.0137. The van der Waals surface area contributed by atoms with Crippen LogP contribution in [0.15, 0.2) is 19.8 Å². The summed E-state index contributed by atoms with van der Waals surface area (Å²) in [5.74, 6) is 0. The molecule has 0 atom stereocenters. The van der Waals surface area contributed by atoms with Crippen molar-refractivity contribution in [1.29, 1.82) is 0 Å². The maximum Gasteiger partial charge on any atom is 0.347 e. The zero-order chi connectivity index (χ0) is 16.7. The van der Waals surface area contributed by atoms with Gasteiger partial charge in [0.25, 0.3) is 0 Å². The highest BCUT2D eigenvalue weighted by Crippen LogP contribution is 1.98. The molecule has 0 spiro atoms. The van der Waals surface area contributed by atoms with Gasteiger partial charge in [0.2, 0.25) is 0 Å². The molecular weight excluding hydrogens is 270 g/mol. The van der Waals surface area contributed by atoms with Gasteiger partial charge in [-0.3, -0.25) is 0 Å². The number of hydrogen-bond donors (Lipinski definition) is 1. The summed E-state index contributed by atoms with van der Waals surface area (Å²) < 4.78 is 2.54. The van der Waals surface area contributed by atoms with Crippen LogP contribution in [0.4, 0.5) is 0 Å². The average Bonchev–Trinajstić information content (AvgIpc) is 2.63. The second-order valence-corrected chi connectivity index (χ2v) is 6.05. The molecule has 0 saturated heterocycles. The summed E-state index contributed by atoms with van der Waals surface area (Å²) >= 11 is 0. The lowest BCUT2D eigenvalue weighted by atomic mass is 10.4. The second-order valence-electron chi connectivity index (χ2n) is 6.05. The summed E-state index contributed by atoms with van der Waals surface area (Å²) in [6, 6.07) is 0.575. The third-order valence-electron chi connectivity index (χ3n) is 2.41. The molecule has 7 nitrogen and oxygen atoms in total. The van der Waals surface area contributed by atoms with Gasteiger partial charge in [0.1, 0.15) is 0 Å². The molecule has 1 aromatic heterocycles. The number of hydrogen-bond acceptors (Lipinski definition) is 4. The lowest BCUT2D eigenvalue weighted by molar-refractivity contribution is 0.491. The van der Waals surface area contributed by atoms with E-state index < -0.39 is 0 Å². The molecule has 0 aliphatic heterocycles. The largest absolute Gasteiger partial charge is 0.347 e. The van der Waals surface area contributed by atoms with Crippen molar-refractivity contribution in [3.63, 3.8) is 0 Å². The Kier molecular flexibility index (Phi) is 7.91. The van der Waals surface area contributed by atoms with Crippen LogP contribution in [0.5, 0.6) is 0 Å². The molecule has 122 valence electrons. The fourth-order valence-electron chi connectivity index (χ4n) is 1.48. The normalized spacial score (nSPS) is 11.8. The van der Waals surface area contributed by atoms with Crippen molar-refractivity contribution in [2.24, 2.45) is 10.2 Å². The molecule has 1 N–H and O–H groups in total. The molecule has 0 bridgehead atoms. The quantitative estimate of drug-likeness (QED) is 0.867. The SMILES string of the molecule is CC(C)N=NC(C)C.CC(C)n1[nH]c(=O)n(C(C)C)c1=O. The van der Waals surface area contributed by atoms with E-state index in [0.717, 1.165) is 0 Å². The van der Waals surface area contributed by atoms with Gasteiger partial charge in [-0.1, -0.05) is 0 Å². The molecule has 0 radical (unpaired) electrons. The number of nitrogens with one attached hydrogen (secondary N) is 1. The molecule has 1 heterocycles. The molecule has 1 aromatic rings. The Morgan fingerprint density at radius 2 is 1.24 bits per heavy atom. The maximum atomic E-state index is 11.6. The Morgan fingerprint density at radius 3 is 1.43 bits per heavy atom. The van der Waals surface area contributed by atoms with Crippen LogP contribution in [-0.4, -0.2) is 26.4 Å². The van der Waals surface area contributed by atoms with Gasteiger partial charge < -0.3 is 0 Å². The highest BCUT2D eigenvalue weighted by Gasteiger charge is 2.12. The first kappa shape index (κ1) is 19.3.